The van der Waals surface area contributed by atoms with E-state index in [0.29, 0.717) is 36.4 Å². The number of imidazole rings is 1. The van der Waals surface area contributed by atoms with Crippen LogP contribution >= 0.6 is 0 Å². The van der Waals surface area contributed by atoms with Crippen LogP contribution in [0.15, 0.2) is 30.9 Å². The Morgan fingerprint density at radius 1 is 1.30 bits per heavy atom. The highest BCUT2D eigenvalue weighted by Gasteiger charge is 2.43. The van der Waals surface area contributed by atoms with Gasteiger partial charge < -0.3 is 15.0 Å². The van der Waals surface area contributed by atoms with Gasteiger partial charge in [0, 0.05) is 19.2 Å². The van der Waals surface area contributed by atoms with Crippen LogP contribution in [0, 0.1) is 17.0 Å². The number of nitrogens with zero attached hydrogens (tertiary/aromatic N) is 4. The molecule has 1 saturated heterocycles. The molecule has 1 aromatic carbocycles. The summed E-state index contributed by atoms with van der Waals surface area (Å²) < 4.78 is 27.3. The highest BCUT2D eigenvalue weighted by atomic mass is 19.1. The van der Waals surface area contributed by atoms with Crippen molar-refractivity contribution in [2.24, 2.45) is 5.41 Å². The molecule has 0 amide bonds. The van der Waals surface area contributed by atoms with Crippen molar-refractivity contribution in [3.05, 3.63) is 48.1 Å². The first-order chi connectivity index (χ1) is 13.0. The molecule has 1 fully saturated rings. The molecule has 2 N–H and O–H groups in total. The van der Waals surface area contributed by atoms with E-state index in [4.69, 9.17) is 0 Å². The Bertz CT molecular complexity index is 1010. The van der Waals surface area contributed by atoms with Gasteiger partial charge in [0.2, 0.25) is 0 Å². The highest BCUT2D eigenvalue weighted by Crippen LogP contribution is 2.37. The second-order valence-corrected chi connectivity index (χ2v) is 6.82. The van der Waals surface area contributed by atoms with Gasteiger partial charge in [-0.1, -0.05) is 6.07 Å². The molecule has 0 saturated carbocycles. The van der Waals surface area contributed by atoms with Crippen molar-refractivity contribution >= 4 is 23.0 Å². The van der Waals surface area contributed by atoms with E-state index in [-0.39, 0.29) is 18.5 Å². The van der Waals surface area contributed by atoms with Crippen LogP contribution in [0.3, 0.4) is 0 Å². The summed E-state index contributed by atoms with van der Waals surface area (Å²) in [6.07, 6.45) is 3.87. The van der Waals surface area contributed by atoms with Crippen LogP contribution in [-0.4, -0.2) is 44.1 Å². The molecule has 1 atom stereocenters. The van der Waals surface area contributed by atoms with Crippen molar-refractivity contribution < 1.29 is 18.7 Å². The molecule has 0 radical (unpaired) electrons. The number of hydrogen-bond acceptors (Lipinski definition) is 5. The van der Waals surface area contributed by atoms with Gasteiger partial charge in [-0.05, 0) is 30.9 Å². The first-order valence-electron chi connectivity index (χ1n) is 8.55. The summed E-state index contributed by atoms with van der Waals surface area (Å²) in [7, 11) is 0. The van der Waals surface area contributed by atoms with Gasteiger partial charge >= 0.3 is 5.97 Å². The summed E-state index contributed by atoms with van der Waals surface area (Å²) >= 11 is 0. The van der Waals surface area contributed by atoms with E-state index < -0.39 is 23.0 Å². The molecule has 9 heteroatoms. The van der Waals surface area contributed by atoms with E-state index in [9.17, 15) is 18.7 Å². The molecule has 140 valence electrons. The molecule has 1 aliphatic rings. The normalized spacial score (nSPS) is 20.1. The Morgan fingerprint density at radius 2 is 2.15 bits per heavy atom. The minimum absolute atomic E-state index is 0.0256. The summed E-state index contributed by atoms with van der Waals surface area (Å²) in [5.41, 5.74) is 0.117. The smallest absolute Gasteiger partial charge is 0.311 e. The summed E-state index contributed by atoms with van der Waals surface area (Å²) in [5.74, 6) is -1.85. The van der Waals surface area contributed by atoms with E-state index in [1.54, 1.807) is 0 Å². The number of hydrogen-bond donors (Lipinski definition) is 2. The predicted octanol–water partition coefficient (Wildman–Crippen LogP) is 2.54. The lowest BCUT2D eigenvalue weighted by Gasteiger charge is -2.40. The number of aromatic amines is 1. The van der Waals surface area contributed by atoms with Crippen molar-refractivity contribution in [1.82, 2.24) is 19.9 Å². The number of piperidine rings is 1. The average molecular weight is 373 g/mol. The highest BCUT2D eigenvalue weighted by molar-refractivity contribution is 5.84. The fourth-order valence-electron chi connectivity index (χ4n) is 3.73. The summed E-state index contributed by atoms with van der Waals surface area (Å²) in [6, 6.07) is 3.24. The molecule has 0 bridgehead atoms. The number of carboxylic acids is 1. The number of aliphatic carboxylic acids is 1. The van der Waals surface area contributed by atoms with Crippen LogP contribution in [0.5, 0.6) is 0 Å². The third-order valence-electron chi connectivity index (χ3n) is 5.08. The van der Waals surface area contributed by atoms with Gasteiger partial charge in [0.25, 0.3) is 0 Å². The topological polar surface area (TPSA) is 95.0 Å². The molecule has 0 aliphatic carbocycles. The van der Waals surface area contributed by atoms with Crippen LogP contribution in [0.4, 0.5) is 14.6 Å². The zero-order valence-electron chi connectivity index (χ0n) is 14.3. The number of carbonyl (C=O) groups is 1. The molecule has 0 unspecified atom stereocenters. The molecule has 7 nitrogen and oxygen atoms in total. The number of fused-ring (bicyclic) bond motifs is 1. The molecular weight excluding hydrogens is 356 g/mol. The Morgan fingerprint density at radius 3 is 2.93 bits per heavy atom. The number of benzene rings is 1. The van der Waals surface area contributed by atoms with Crippen LogP contribution < -0.4 is 4.90 Å². The van der Waals surface area contributed by atoms with E-state index in [2.05, 4.69) is 19.9 Å². The quantitative estimate of drug-likeness (QED) is 0.730. The first kappa shape index (κ1) is 17.3. The Hall–Kier alpha value is -3.10. The fourth-order valence-corrected chi connectivity index (χ4v) is 3.73. The molecule has 3 aromatic rings. The van der Waals surface area contributed by atoms with Gasteiger partial charge in [-0.25, -0.2) is 23.7 Å². The van der Waals surface area contributed by atoms with Crippen molar-refractivity contribution in [3.63, 3.8) is 0 Å². The Labute approximate surface area is 153 Å². The third-order valence-corrected chi connectivity index (χ3v) is 5.08. The second-order valence-electron chi connectivity index (χ2n) is 6.82. The number of halogens is 2. The van der Waals surface area contributed by atoms with Gasteiger partial charge in [-0.2, -0.15) is 0 Å². The van der Waals surface area contributed by atoms with Crippen molar-refractivity contribution in [2.75, 3.05) is 18.0 Å². The predicted molar refractivity (Wildman–Crippen MR) is 93.3 cm³/mol. The number of rotatable bonds is 4. The van der Waals surface area contributed by atoms with E-state index >= 15 is 0 Å². The average Bonchev–Trinajstić information content (AvgIpc) is 3.13. The van der Waals surface area contributed by atoms with E-state index in [0.717, 1.165) is 12.1 Å². The van der Waals surface area contributed by atoms with Crippen LogP contribution in [0.25, 0.3) is 11.2 Å². The molecule has 1 aliphatic heterocycles. The Kier molecular flexibility index (Phi) is 4.21. The number of carboxylic acid groups (broad SMARTS) is 1. The maximum atomic E-state index is 14.1. The van der Waals surface area contributed by atoms with Gasteiger partial charge in [0.15, 0.2) is 11.5 Å². The molecule has 4 rings (SSSR count). The second kappa shape index (κ2) is 6.57. The monoisotopic (exact) mass is 373 g/mol. The molecular formula is C18H17F2N5O2. The number of aromatic nitrogens is 4. The standard InChI is InChI=1S/C18H17F2N5O2/c19-12-3-2-11(13(20)6-12)7-18(17(26)27)4-1-5-25(8-18)16-14-15(22-9-21-14)23-10-24-16/h2-3,6,9-10H,1,4-5,7-8H2,(H,26,27)(H,21,22,23,24)/t18-/m0/s1. The largest absolute Gasteiger partial charge is 0.481 e. The van der Waals surface area contributed by atoms with Gasteiger partial charge in [-0.3, -0.25) is 4.79 Å². The maximum Gasteiger partial charge on any atom is 0.311 e. The fraction of sp³-hybridized carbons (Fsp3) is 0.333. The summed E-state index contributed by atoms with van der Waals surface area (Å²) in [6.45, 7) is 0.774. The number of nitrogens with one attached hydrogen (secondary N) is 1. The lowest BCUT2D eigenvalue weighted by molar-refractivity contribution is -0.149. The number of anilines is 1. The molecule has 2 aromatic heterocycles. The van der Waals surface area contributed by atoms with Crippen molar-refractivity contribution in [2.45, 2.75) is 19.3 Å². The summed E-state index contributed by atoms with van der Waals surface area (Å²) in [5, 5.41) is 9.96. The zero-order valence-corrected chi connectivity index (χ0v) is 14.3. The van der Waals surface area contributed by atoms with Crippen LogP contribution in [0.2, 0.25) is 0 Å². The lowest BCUT2D eigenvalue weighted by Crippen LogP contribution is -2.49. The van der Waals surface area contributed by atoms with E-state index in [1.165, 1.54) is 18.7 Å². The zero-order chi connectivity index (χ0) is 19.0. The van der Waals surface area contributed by atoms with Gasteiger partial charge in [0.05, 0.1) is 11.7 Å². The van der Waals surface area contributed by atoms with Crippen LogP contribution in [0.1, 0.15) is 18.4 Å². The molecule has 0 spiro atoms. The third kappa shape index (κ3) is 3.09. The van der Waals surface area contributed by atoms with E-state index in [1.807, 2.05) is 4.90 Å². The van der Waals surface area contributed by atoms with Crippen LogP contribution in [-0.2, 0) is 11.2 Å². The minimum Gasteiger partial charge on any atom is -0.481 e. The van der Waals surface area contributed by atoms with Gasteiger partial charge in [0.1, 0.15) is 23.5 Å². The first-order valence-corrected chi connectivity index (χ1v) is 8.55. The summed E-state index contributed by atoms with van der Waals surface area (Å²) in [4.78, 5) is 29.5. The number of H-pyrrole nitrogens is 1. The Balaban J connectivity index is 1.69. The van der Waals surface area contributed by atoms with Crippen molar-refractivity contribution in [3.8, 4) is 0 Å². The molecule has 27 heavy (non-hydrogen) atoms. The SMILES string of the molecule is O=C(O)[C@]1(Cc2ccc(F)cc2F)CCCN(c2ncnc3nc[nH]c23)C1. The molecule has 3 heterocycles. The maximum absolute atomic E-state index is 14.1. The van der Waals surface area contributed by atoms with Crippen molar-refractivity contribution in [1.29, 1.82) is 0 Å². The van der Waals surface area contributed by atoms with Gasteiger partial charge in [-0.15, -0.1) is 0 Å². The lowest BCUT2D eigenvalue weighted by atomic mass is 9.75. The minimum atomic E-state index is -1.20.